The summed E-state index contributed by atoms with van der Waals surface area (Å²) in [5, 5.41) is 26.2. The average molecular weight is 473 g/mol. The van der Waals surface area contributed by atoms with E-state index in [-0.39, 0.29) is 24.5 Å². The quantitative estimate of drug-likeness (QED) is 0.153. The molecule has 13 heteroatoms. The number of aliphatic hydroxyl groups is 1. The van der Waals surface area contributed by atoms with E-state index in [0.29, 0.717) is 5.69 Å². The van der Waals surface area contributed by atoms with Crippen molar-refractivity contribution < 1.29 is 29.4 Å². The van der Waals surface area contributed by atoms with E-state index in [4.69, 9.17) is 5.73 Å². The molecule has 0 aliphatic carbocycles. The maximum atomic E-state index is 12.9. The summed E-state index contributed by atoms with van der Waals surface area (Å²) in [6, 6.07) is -4.67. The number of carbonyl (C=O) groups excluding carboxylic acids is 3. The number of thiol groups is 1. The summed E-state index contributed by atoms with van der Waals surface area (Å²) in [5.74, 6) is -3.46. The van der Waals surface area contributed by atoms with E-state index in [1.54, 1.807) is 0 Å². The topological polar surface area (TPSA) is 200 Å². The van der Waals surface area contributed by atoms with Gasteiger partial charge in [-0.3, -0.25) is 14.4 Å². The summed E-state index contributed by atoms with van der Waals surface area (Å²) >= 11 is 4.08. The van der Waals surface area contributed by atoms with Crippen molar-refractivity contribution >= 4 is 36.3 Å². The SMILES string of the molecule is CC(C)CC(NC(=O)C(CS)NC(=O)C(Cc1cnc[nH]1)NC(=O)C(N)C(C)O)C(=O)O. The number of aliphatic hydroxyl groups excluding tert-OH is 1. The molecule has 12 nitrogen and oxygen atoms in total. The van der Waals surface area contributed by atoms with Crippen molar-refractivity contribution in [3.63, 3.8) is 0 Å². The molecule has 0 saturated carbocycles. The number of aromatic amines is 1. The third-order valence-electron chi connectivity index (χ3n) is 4.57. The zero-order chi connectivity index (χ0) is 24.4. The van der Waals surface area contributed by atoms with Gasteiger partial charge in [0.15, 0.2) is 0 Å². The molecule has 3 amide bonds. The fourth-order valence-corrected chi connectivity index (χ4v) is 3.00. The summed E-state index contributed by atoms with van der Waals surface area (Å²) in [7, 11) is 0. The van der Waals surface area contributed by atoms with Gasteiger partial charge in [-0.2, -0.15) is 12.6 Å². The average Bonchev–Trinajstić information content (AvgIpc) is 3.22. The number of carboxylic acid groups (broad SMARTS) is 1. The number of hydrogen-bond donors (Lipinski definition) is 8. The monoisotopic (exact) mass is 472 g/mol. The van der Waals surface area contributed by atoms with Gasteiger partial charge >= 0.3 is 5.97 Å². The number of hydrogen-bond acceptors (Lipinski definition) is 8. The maximum Gasteiger partial charge on any atom is 0.326 e. The van der Waals surface area contributed by atoms with E-state index < -0.39 is 54.0 Å². The highest BCUT2D eigenvalue weighted by molar-refractivity contribution is 7.80. The number of nitrogens with zero attached hydrogens (tertiary/aromatic N) is 1. The van der Waals surface area contributed by atoms with Crippen LogP contribution in [0.15, 0.2) is 12.5 Å². The molecule has 1 heterocycles. The Kier molecular flexibility index (Phi) is 11.2. The normalized spacial score (nSPS) is 15.8. The Morgan fingerprint density at radius 1 is 1.06 bits per heavy atom. The first-order valence-electron chi connectivity index (χ1n) is 10.1. The van der Waals surface area contributed by atoms with Crippen LogP contribution < -0.4 is 21.7 Å². The molecule has 0 aromatic carbocycles. The predicted octanol–water partition coefficient (Wildman–Crippen LogP) is -1.82. The maximum absolute atomic E-state index is 12.9. The molecule has 5 atom stereocenters. The van der Waals surface area contributed by atoms with Gasteiger partial charge in [-0.15, -0.1) is 0 Å². The molecule has 0 saturated heterocycles. The first kappa shape index (κ1) is 27.4. The summed E-state index contributed by atoms with van der Waals surface area (Å²) < 4.78 is 0. The highest BCUT2D eigenvalue weighted by atomic mass is 32.1. The van der Waals surface area contributed by atoms with Gasteiger partial charge in [-0.25, -0.2) is 9.78 Å². The number of carbonyl (C=O) groups is 4. The molecule has 1 aromatic heterocycles. The lowest BCUT2D eigenvalue weighted by Gasteiger charge is -2.25. The van der Waals surface area contributed by atoms with Crippen molar-refractivity contribution in [2.45, 2.75) is 63.9 Å². The van der Waals surface area contributed by atoms with Gasteiger partial charge in [-0.05, 0) is 19.3 Å². The van der Waals surface area contributed by atoms with Crippen molar-refractivity contribution in [1.82, 2.24) is 25.9 Å². The number of carboxylic acids is 1. The minimum absolute atomic E-state index is 0.0100. The highest BCUT2D eigenvalue weighted by Gasteiger charge is 2.31. The Hall–Kier alpha value is -2.64. The number of rotatable bonds is 13. The third-order valence-corrected chi connectivity index (χ3v) is 4.94. The lowest BCUT2D eigenvalue weighted by atomic mass is 10.0. The second-order valence-corrected chi connectivity index (χ2v) is 8.25. The Balaban J connectivity index is 2.93. The van der Waals surface area contributed by atoms with Gasteiger partial charge in [0.05, 0.1) is 12.4 Å². The second-order valence-electron chi connectivity index (χ2n) is 7.88. The number of nitrogens with two attached hydrogens (primary N) is 1. The number of aromatic nitrogens is 2. The summed E-state index contributed by atoms with van der Waals surface area (Å²) in [6.07, 6.45) is 1.95. The van der Waals surface area contributed by atoms with E-state index >= 15 is 0 Å². The van der Waals surface area contributed by atoms with Crippen molar-refractivity contribution in [3.8, 4) is 0 Å². The summed E-state index contributed by atoms with van der Waals surface area (Å²) in [4.78, 5) is 55.8. The Morgan fingerprint density at radius 2 is 1.62 bits per heavy atom. The summed E-state index contributed by atoms with van der Waals surface area (Å²) in [6.45, 7) is 4.98. The largest absolute Gasteiger partial charge is 0.480 e. The number of amides is 3. The molecule has 1 aromatic rings. The lowest BCUT2D eigenvalue weighted by Crippen LogP contribution is -2.59. The van der Waals surface area contributed by atoms with E-state index in [1.165, 1.54) is 19.4 Å². The number of imidazole rings is 1. The van der Waals surface area contributed by atoms with Crippen LogP contribution in [0.2, 0.25) is 0 Å². The number of H-pyrrole nitrogens is 1. The Labute approximate surface area is 191 Å². The summed E-state index contributed by atoms with van der Waals surface area (Å²) in [5.41, 5.74) is 6.17. The predicted molar refractivity (Wildman–Crippen MR) is 119 cm³/mol. The fourth-order valence-electron chi connectivity index (χ4n) is 2.74. The van der Waals surface area contributed by atoms with E-state index in [0.717, 1.165) is 0 Å². The van der Waals surface area contributed by atoms with Gasteiger partial charge in [0, 0.05) is 24.1 Å². The zero-order valence-corrected chi connectivity index (χ0v) is 19.1. The van der Waals surface area contributed by atoms with Crippen molar-refractivity contribution in [1.29, 1.82) is 0 Å². The van der Waals surface area contributed by atoms with E-state index in [9.17, 15) is 29.4 Å². The molecule has 0 aliphatic heterocycles. The molecule has 0 fully saturated rings. The second kappa shape index (κ2) is 13.0. The van der Waals surface area contributed by atoms with Crippen LogP contribution in [0, 0.1) is 5.92 Å². The zero-order valence-electron chi connectivity index (χ0n) is 18.2. The standard InChI is InChI=1S/C19H32N6O6S/c1-9(2)4-13(19(30)31)24-17(28)14(7-32)25-16(27)12(5-11-6-21-8-22-11)23-18(29)15(20)10(3)26/h6,8-10,12-15,26,32H,4-5,7,20H2,1-3H3,(H,21,22)(H,23,29)(H,24,28)(H,25,27)(H,30,31). The van der Waals surface area contributed by atoms with E-state index in [1.807, 2.05) is 13.8 Å². The van der Waals surface area contributed by atoms with Gasteiger partial charge in [-0.1, -0.05) is 13.8 Å². The van der Waals surface area contributed by atoms with Crippen molar-refractivity contribution in [2.75, 3.05) is 5.75 Å². The van der Waals surface area contributed by atoms with Crippen molar-refractivity contribution in [3.05, 3.63) is 18.2 Å². The molecule has 0 aliphatic rings. The minimum atomic E-state index is -1.26. The van der Waals surface area contributed by atoms with Crippen LogP contribution in [0.25, 0.3) is 0 Å². The van der Waals surface area contributed by atoms with Crippen molar-refractivity contribution in [2.24, 2.45) is 11.7 Å². The molecular weight excluding hydrogens is 440 g/mol. The molecular formula is C19H32N6O6S. The molecule has 180 valence electrons. The van der Waals surface area contributed by atoms with Crippen LogP contribution in [0.4, 0.5) is 0 Å². The lowest BCUT2D eigenvalue weighted by molar-refractivity contribution is -0.142. The van der Waals surface area contributed by atoms with Crippen LogP contribution in [0.3, 0.4) is 0 Å². The molecule has 0 spiro atoms. The van der Waals surface area contributed by atoms with Crippen LogP contribution in [-0.4, -0.2) is 79.9 Å². The van der Waals surface area contributed by atoms with Crippen LogP contribution in [-0.2, 0) is 25.6 Å². The Bertz CT molecular complexity index is 772. The number of nitrogens with one attached hydrogen (secondary N) is 4. The van der Waals surface area contributed by atoms with Gasteiger partial charge in [0.25, 0.3) is 0 Å². The number of aliphatic carboxylic acids is 1. The molecule has 8 N–H and O–H groups in total. The van der Waals surface area contributed by atoms with Crippen LogP contribution in [0.1, 0.15) is 32.9 Å². The smallest absolute Gasteiger partial charge is 0.326 e. The van der Waals surface area contributed by atoms with Crippen LogP contribution in [0.5, 0.6) is 0 Å². The molecule has 0 radical (unpaired) electrons. The van der Waals surface area contributed by atoms with Crippen LogP contribution >= 0.6 is 12.6 Å². The van der Waals surface area contributed by atoms with Gasteiger partial charge < -0.3 is 36.9 Å². The Morgan fingerprint density at radius 3 is 2.09 bits per heavy atom. The van der Waals surface area contributed by atoms with E-state index in [2.05, 4.69) is 38.5 Å². The fraction of sp³-hybridized carbons (Fsp3) is 0.632. The third kappa shape index (κ3) is 8.85. The van der Waals surface area contributed by atoms with Gasteiger partial charge in [0.2, 0.25) is 17.7 Å². The molecule has 32 heavy (non-hydrogen) atoms. The molecule has 0 bridgehead atoms. The first-order chi connectivity index (χ1) is 15.0. The minimum Gasteiger partial charge on any atom is -0.480 e. The van der Waals surface area contributed by atoms with Gasteiger partial charge in [0.1, 0.15) is 24.2 Å². The highest BCUT2D eigenvalue weighted by Crippen LogP contribution is 2.06. The molecule has 5 unspecified atom stereocenters. The first-order valence-corrected chi connectivity index (χ1v) is 10.7. The molecule has 1 rings (SSSR count).